The number of ether oxygens (including phenoxy) is 1. The molecule has 11 heteroatoms. The van der Waals surface area contributed by atoms with Gasteiger partial charge in [-0.3, -0.25) is 0 Å². The van der Waals surface area contributed by atoms with Gasteiger partial charge in [-0.2, -0.15) is 18.2 Å². The van der Waals surface area contributed by atoms with Gasteiger partial charge in [-0.15, -0.1) is 0 Å². The normalized spacial score (nSPS) is 11.8. The Balaban J connectivity index is 1.95. The summed E-state index contributed by atoms with van der Waals surface area (Å²) in [4.78, 5) is 20.8. The van der Waals surface area contributed by atoms with Crippen molar-refractivity contribution in [3.63, 3.8) is 0 Å². The first-order valence-corrected chi connectivity index (χ1v) is 5.61. The Morgan fingerprint density at radius 2 is 2.24 bits per heavy atom. The second-order valence-corrected chi connectivity index (χ2v) is 3.86. The maximum atomic E-state index is 11.9. The van der Waals surface area contributed by atoms with Crippen molar-refractivity contribution in [2.24, 2.45) is 0 Å². The number of hydrogen-bond donors (Lipinski definition) is 2. The SMILES string of the molecule is O=C(O)c1nc[nH]c1-c1nc(CCOCC(F)(F)F)no1. The number of carboxylic acid groups (broad SMARTS) is 1. The van der Waals surface area contributed by atoms with Crippen molar-refractivity contribution in [3.05, 3.63) is 17.8 Å². The van der Waals surface area contributed by atoms with Gasteiger partial charge in [0.15, 0.2) is 11.5 Å². The van der Waals surface area contributed by atoms with Crippen molar-refractivity contribution in [1.82, 2.24) is 20.1 Å². The molecule has 0 aliphatic rings. The van der Waals surface area contributed by atoms with E-state index in [9.17, 15) is 18.0 Å². The van der Waals surface area contributed by atoms with E-state index in [1.165, 1.54) is 0 Å². The van der Waals surface area contributed by atoms with E-state index >= 15 is 0 Å². The van der Waals surface area contributed by atoms with Gasteiger partial charge in [0.25, 0.3) is 5.89 Å². The van der Waals surface area contributed by atoms with Crippen LogP contribution in [0.15, 0.2) is 10.9 Å². The number of nitrogens with one attached hydrogen (secondary N) is 1. The topological polar surface area (TPSA) is 114 Å². The summed E-state index contributed by atoms with van der Waals surface area (Å²) in [6, 6.07) is 0. The number of carbonyl (C=O) groups is 1. The molecule has 8 nitrogen and oxygen atoms in total. The zero-order valence-electron chi connectivity index (χ0n) is 10.3. The van der Waals surface area contributed by atoms with Crippen LogP contribution in [-0.4, -0.2) is 50.6 Å². The molecule has 0 aliphatic carbocycles. The van der Waals surface area contributed by atoms with Gasteiger partial charge in [0.1, 0.15) is 12.3 Å². The molecule has 0 unspecified atom stereocenters. The third-order valence-corrected chi connectivity index (χ3v) is 2.26. The fraction of sp³-hybridized carbons (Fsp3) is 0.400. The average Bonchev–Trinajstić information content (AvgIpc) is 3.01. The molecule has 0 radical (unpaired) electrons. The maximum absolute atomic E-state index is 11.9. The van der Waals surface area contributed by atoms with Crippen LogP contribution in [0.25, 0.3) is 11.6 Å². The number of carboxylic acids is 1. The second kappa shape index (κ2) is 5.91. The van der Waals surface area contributed by atoms with Gasteiger partial charge in [0, 0.05) is 6.42 Å². The number of aromatic nitrogens is 4. The summed E-state index contributed by atoms with van der Waals surface area (Å²) in [5.74, 6) is -1.30. The van der Waals surface area contributed by atoms with Crippen LogP contribution < -0.4 is 0 Å². The first-order chi connectivity index (χ1) is 9.87. The Labute approximate surface area is 114 Å². The lowest BCUT2D eigenvalue weighted by Crippen LogP contribution is -2.18. The van der Waals surface area contributed by atoms with Crippen LogP contribution in [0, 0.1) is 0 Å². The van der Waals surface area contributed by atoms with Crippen molar-refractivity contribution in [1.29, 1.82) is 0 Å². The van der Waals surface area contributed by atoms with E-state index < -0.39 is 18.8 Å². The number of aromatic carboxylic acids is 1. The van der Waals surface area contributed by atoms with Crippen LogP contribution >= 0.6 is 0 Å². The molecule has 0 fully saturated rings. The van der Waals surface area contributed by atoms with Crippen LogP contribution in [0.2, 0.25) is 0 Å². The molecular weight excluding hydrogens is 297 g/mol. The molecule has 2 aromatic heterocycles. The van der Waals surface area contributed by atoms with Gasteiger partial charge in [-0.05, 0) is 0 Å². The van der Waals surface area contributed by atoms with E-state index in [1.54, 1.807) is 0 Å². The standard InChI is InChI=1S/C10H9F3N4O4/c11-10(12,13)3-20-2-1-5-16-8(21-17-5)6-7(9(18)19)15-4-14-6/h4H,1-3H2,(H,14,15)(H,18,19). The van der Waals surface area contributed by atoms with Gasteiger partial charge in [0.2, 0.25) is 0 Å². The zero-order valence-corrected chi connectivity index (χ0v) is 10.3. The van der Waals surface area contributed by atoms with Crippen LogP contribution in [0.4, 0.5) is 13.2 Å². The lowest BCUT2D eigenvalue weighted by Gasteiger charge is -2.05. The van der Waals surface area contributed by atoms with Crippen molar-refractivity contribution in [2.45, 2.75) is 12.6 Å². The van der Waals surface area contributed by atoms with Gasteiger partial charge in [0.05, 0.1) is 12.9 Å². The minimum absolute atomic E-state index is 0.00385. The molecule has 0 bridgehead atoms. The van der Waals surface area contributed by atoms with Crippen molar-refractivity contribution in [3.8, 4) is 11.6 Å². The van der Waals surface area contributed by atoms with E-state index in [1.807, 2.05) is 0 Å². The zero-order chi connectivity index (χ0) is 15.5. The third-order valence-electron chi connectivity index (χ3n) is 2.26. The maximum Gasteiger partial charge on any atom is 0.411 e. The number of nitrogens with zero attached hydrogens (tertiary/aromatic N) is 3. The minimum atomic E-state index is -4.39. The number of hydrogen-bond acceptors (Lipinski definition) is 6. The highest BCUT2D eigenvalue weighted by Crippen LogP contribution is 2.18. The molecule has 0 aromatic carbocycles. The number of imidazole rings is 1. The van der Waals surface area contributed by atoms with Gasteiger partial charge < -0.3 is 19.4 Å². The molecule has 21 heavy (non-hydrogen) atoms. The largest absolute Gasteiger partial charge is 0.476 e. The van der Waals surface area contributed by atoms with Gasteiger partial charge in [-0.1, -0.05) is 5.16 Å². The number of alkyl halides is 3. The lowest BCUT2D eigenvalue weighted by atomic mass is 10.3. The summed E-state index contributed by atoms with van der Waals surface area (Å²) >= 11 is 0. The van der Waals surface area contributed by atoms with Crippen LogP contribution in [0.5, 0.6) is 0 Å². The fourth-order valence-corrected chi connectivity index (χ4v) is 1.43. The predicted octanol–water partition coefficient (Wildman–Crippen LogP) is 1.28. The van der Waals surface area contributed by atoms with Gasteiger partial charge >= 0.3 is 12.1 Å². The molecule has 2 N–H and O–H groups in total. The summed E-state index contributed by atoms with van der Waals surface area (Å²) < 4.78 is 44.8. The van der Waals surface area contributed by atoms with Crippen molar-refractivity contribution < 1.29 is 32.3 Å². The van der Waals surface area contributed by atoms with Crippen LogP contribution in [-0.2, 0) is 11.2 Å². The molecule has 2 heterocycles. The van der Waals surface area contributed by atoms with Gasteiger partial charge in [-0.25, -0.2) is 9.78 Å². The highest BCUT2D eigenvalue weighted by molar-refractivity contribution is 5.91. The molecule has 0 spiro atoms. The molecule has 2 rings (SSSR count). The molecular formula is C10H9F3N4O4. The second-order valence-electron chi connectivity index (χ2n) is 3.86. The Morgan fingerprint density at radius 1 is 1.48 bits per heavy atom. The fourth-order valence-electron chi connectivity index (χ4n) is 1.43. The summed E-state index contributed by atoms with van der Waals surface area (Å²) in [5.41, 5.74) is -0.268. The Hall–Kier alpha value is -2.43. The molecule has 0 saturated heterocycles. The molecule has 0 atom stereocenters. The lowest BCUT2D eigenvalue weighted by molar-refractivity contribution is -0.173. The quantitative estimate of drug-likeness (QED) is 0.772. The number of rotatable bonds is 6. The predicted molar refractivity (Wildman–Crippen MR) is 59.4 cm³/mol. The summed E-state index contributed by atoms with van der Waals surface area (Å²) in [6.07, 6.45) is -3.25. The summed E-state index contributed by atoms with van der Waals surface area (Å²) in [6.45, 7) is -1.60. The van der Waals surface area contributed by atoms with E-state index in [2.05, 4.69) is 24.8 Å². The summed E-state index contributed by atoms with van der Waals surface area (Å²) in [5, 5.41) is 12.4. The first-order valence-electron chi connectivity index (χ1n) is 5.61. The van der Waals surface area contributed by atoms with E-state index in [4.69, 9.17) is 9.63 Å². The van der Waals surface area contributed by atoms with E-state index in [0.717, 1.165) is 6.33 Å². The van der Waals surface area contributed by atoms with Crippen molar-refractivity contribution in [2.75, 3.05) is 13.2 Å². The molecule has 0 aliphatic heterocycles. The highest BCUT2D eigenvalue weighted by Gasteiger charge is 2.27. The Morgan fingerprint density at radius 3 is 2.90 bits per heavy atom. The average molecular weight is 306 g/mol. The Bertz CT molecular complexity index is 622. The monoisotopic (exact) mass is 306 g/mol. The Kier molecular flexibility index (Phi) is 4.21. The molecule has 0 saturated carbocycles. The first kappa shape index (κ1) is 15.0. The number of halogens is 3. The summed E-state index contributed by atoms with van der Waals surface area (Å²) in [7, 11) is 0. The van der Waals surface area contributed by atoms with Crippen LogP contribution in [0.1, 0.15) is 16.3 Å². The highest BCUT2D eigenvalue weighted by atomic mass is 19.4. The minimum Gasteiger partial charge on any atom is -0.476 e. The molecule has 2 aromatic rings. The van der Waals surface area contributed by atoms with Crippen molar-refractivity contribution >= 4 is 5.97 Å². The van der Waals surface area contributed by atoms with E-state index in [-0.39, 0.29) is 36.1 Å². The number of H-pyrrole nitrogens is 1. The smallest absolute Gasteiger partial charge is 0.411 e. The number of aromatic amines is 1. The molecule has 0 amide bonds. The molecule has 114 valence electrons. The van der Waals surface area contributed by atoms with Crippen LogP contribution in [0.3, 0.4) is 0 Å². The van der Waals surface area contributed by atoms with E-state index in [0.29, 0.717) is 0 Å². The third kappa shape index (κ3) is 4.02.